The van der Waals surface area contributed by atoms with Crippen LogP contribution in [0.1, 0.15) is 16.8 Å². The standard InChI is InChI=1S/C20H18N4O2/c1-11-6-7-17(25)12(2)18(11)24-10-22-19-15(20(24)26)9-16(23-19)14-5-4-8-21-13(14)3/h4-10,23,25H,1-3H3. The number of aromatic hydroxyl groups is 1. The number of hydrogen-bond acceptors (Lipinski definition) is 4. The number of aryl methyl sites for hydroxylation is 2. The molecule has 6 nitrogen and oxygen atoms in total. The summed E-state index contributed by atoms with van der Waals surface area (Å²) in [7, 11) is 0. The third-order valence-corrected chi connectivity index (χ3v) is 4.69. The topological polar surface area (TPSA) is 83.8 Å². The van der Waals surface area contributed by atoms with Crippen molar-refractivity contribution in [2.45, 2.75) is 20.8 Å². The van der Waals surface area contributed by atoms with E-state index in [1.807, 2.05) is 26.0 Å². The molecule has 0 aliphatic carbocycles. The summed E-state index contributed by atoms with van der Waals surface area (Å²) in [6, 6.07) is 9.04. The van der Waals surface area contributed by atoms with Crippen LogP contribution in [0.2, 0.25) is 0 Å². The largest absolute Gasteiger partial charge is 0.508 e. The van der Waals surface area contributed by atoms with Crippen LogP contribution < -0.4 is 5.56 Å². The van der Waals surface area contributed by atoms with Gasteiger partial charge in [-0.25, -0.2) is 4.98 Å². The second kappa shape index (κ2) is 5.84. The van der Waals surface area contributed by atoms with Gasteiger partial charge in [0.2, 0.25) is 0 Å². The van der Waals surface area contributed by atoms with Gasteiger partial charge in [-0.2, -0.15) is 0 Å². The number of benzene rings is 1. The lowest BCUT2D eigenvalue weighted by Crippen LogP contribution is -2.20. The zero-order valence-corrected chi connectivity index (χ0v) is 14.7. The van der Waals surface area contributed by atoms with Gasteiger partial charge in [0.15, 0.2) is 0 Å². The Kier molecular flexibility index (Phi) is 3.61. The van der Waals surface area contributed by atoms with Gasteiger partial charge in [0.1, 0.15) is 17.7 Å². The Morgan fingerprint density at radius 3 is 2.69 bits per heavy atom. The summed E-state index contributed by atoms with van der Waals surface area (Å²) in [4.78, 5) is 25.0. The zero-order valence-electron chi connectivity index (χ0n) is 14.7. The highest BCUT2D eigenvalue weighted by Gasteiger charge is 2.15. The first kappa shape index (κ1) is 16.1. The fourth-order valence-corrected chi connectivity index (χ4v) is 3.28. The van der Waals surface area contributed by atoms with Crippen molar-refractivity contribution in [2.24, 2.45) is 0 Å². The third-order valence-electron chi connectivity index (χ3n) is 4.69. The normalized spacial score (nSPS) is 11.2. The summed E-state index contributed by atoms with van der Waals surface area (Å²) in [6.07, 6.45) is 3.23. The van der Waals surface area contributed by atoms with E-state index >= 15 is 0 Å². The van der Waals surface area contributed by atoms with Gasteiger partial charge in [-0.05, 0) is 50.6 Å². The first-order valence-electron chi connectivity index (χ1n) is 8.29. The first-order chi connectivity index (χ1) is 12.5. The Morgan fingerprint density at radius 1 is 1.12 bits per heavy atom. The van der Waals surface area contributed by atoms with Gasteiger partial charge in [0, 0.05) is 28.7 Å². The molecule has 3 heterocycles. The number of phenolic OH excluding ortho intramolecular Hbond substituents is 1. The Morgan fingerprint density at radius 2 is 1.92 bits per heavy atom. The van der Waals surface area contributed by atoms with E-state index < -0.39 is 0 Å². The smallest absolute Gasteiger partial charge is 0.267 e. The molecule has 0 amide bonds. The van der Waals surface area contributed by atoms with Crippen LogP contribution in [0, 0.1) is 20.8 Å². The van der Waals surface area contributed by atoms with Gasteiger partial charge >= 0.3 is 0 Å². The number of hydrogen-bond donors (Lipinski definition) is 2. The van der Waals surface area contributed by atoms with E-state index in [1.165, 1.54) is 10.9 Å². The Hall–Kier alpha value is -3.41. The second-order valence-electron chi connectivity index (χ2n) is 6.38. The van der Waals surface area contributed by atoms with E-state index in [4.69, 9.17) is 0 Å². The molecule has 0 fully saturated rings. The predicted octanol–water partition coefficient (Wildman–Crippen LogP) is 3.41. The highest BCUT2D eigenvalue weighted by molar-refractivity contribution is 5.83. The van der Waals surface area contributed by atoms with Gasteiger partial charge in [-0.15, -0.1) is 0 Å². The average Bonchev–Trinajstić information content (AvgIpc) is 3.06. The Bertz CT molecular complexity index is 1200. The van der Waals surface area contributed by atoms with Gasteiger partial charge in [-0.3, -0.25) is 14.3 Å². The molecule has 4 aromatic rings. The summed E-state index contributed by atoms with van der Waals surface area (Å²) >= 11 is 0. The number of phenols is 1. The highest BCUT2D eigenvalue weighted by atomic mass is 16.3. The number of pyridine rings is 1. The van der Waals surface area contributed by atoms with Crippen LogP contribution in [0.3, 0.4) is 0 Å². The maximum atomic E-state index is 13.1. The molecule has 0 spiro atoms. The molecule has 0 saturated carbocycles. The van der Waals surface area contributed by atoms with Gasteiger partial charge in [0.25, 0.3) is 5.56 Å². The van der Waals surface area contributed by atoms with E-state index in [9.17, 15) is 9.90 Å². The van der Waals surface area contributed by atoms with Gasteiger partial charge in [0.05, 0.1) is 11.1 Å². The number of nitrogens with zero attached hydrogens (tertiary/aromatic N) is 3. The van der Waals surface area contributed by atoms with E-state index in [-0.39, 0.29) is 11.3 Å². The summed E-state index contributed by atoms with van der Waals surface area (Å²) in [5.41, 5.74) is 5.15. The number of aromatic nitrogens is 4. The highest BCUT2D eigenvalue weighted by Crippen LogP contribution is 2.27. The van der Waals surface area contributed by atoms with Crippen molar-refractivity contribution in [3.63, 3.8) is 0 Å². The molecule has 3 aromatic heterocycles. The SMILES string of the molecule is Cc1ccc(O)c(C)c1-n1cnc2[nH]c(-c3cccnc3C)cc2c1=O. The van der Waals surface area contributed by atoms with Crippen molar-refractivity contribution in [1.29, 1.82) is 0 Å². The molecule has 26 heavy (non-hydrogen) atoms. The lowest BCUT2D eigenvalue weighted by atomic mass is 10.1. The number of rotatable bonds is 2. The zero-order chi connectivity index (χ0) is 18.4. The van der Waals surface area contributed by atoms with Crippen LogP contribution in [-0.2, 0) is 0 Å². The molecular weight excluding hydrogens is 328 g/mol. The molecule has 0 saturated heterocycles. The van der Waals surface area contributed by atoms with Crippen LogP contribution >= 0.6 is 0 Å². The molecular formula is C20H18N4O2. The molecule has 0 aliphatic heterocycles. The minimum atomic E-state index is -0.184. The van der Waals surface area contributed by atoms with Crippen molar-refractivity contribution in [3.05, 3.63) is 70.0 Å². The lowest BCUT2D eigenvalue weighted by Gasteiger charge is -2.13. The van der Waals surface area contributed by atoms with Crippen molar-refractivity contribution in [3.8, 4) is 22.7 Å². The summed E-state index contributed by atoms with van der Waals surface area (Å²) in [6.45, 7) is 5.61. The van der Waals surface area contributed by atoms with E-state index in [1.54, 1.807) is 31.3 Å². The van der Waals surface area contributed by atoms with Gasteiger partial charge < -0.3 is 10.1 Å². The number of fused-ring (bicyclic) bond motifs is 1. The lowest BCUT2D eigenvalue weighted by molar-refractivity contribution is 0.470. The van der Waals surface area contributed by atoms with Crippen molar-refractivity contribution in [1.82, 2.24) is 19.5 Å². The summed E-state index contributed by atoms with van der Waals surface area (Å²) in [5, 5.41) is 10.5. The monoisotopic (exact) mass is 346 g/mol. The Labute approximate surface area is 149 Å². The molecule has 4 rings (SSSR count). The minimum Gasteiger partial charge on any atom is -0.508 e. The number of nitrogens with one attached hydrogen (secondary N) is 1. The quantitative estimate of drug-likeness (QED) is 0.583. The van der Waals surface area contributed by atoms with E-state index in [0.717, 1.165) is 22.5 Å². The second-order valence-corrected chi connectivity index (χ2v) is 6.38. The van der Waals surface area contributed by atoms with Crippen LogP contribution in [0.4, 0.5) is 0 Å². The molecule has 1 aromatic carbocycles. The first-order valence-corrected chi connectivity index (χ1v) is 8.29. The average molecular weight is 346 g/mol. The molecule has 0 unspecified atom stereocenters. The number of aromatic amines is 1. The van der Waals surface area contributed by atoms with Crippen LogP contribution in [0.15, 0.2) is 47.7 Å². The van der Waals surface area contributed by atoms with Crippen LogP contribution in [0.25, 0.3) is 28.0 Å². The number of H-pyrrole nitrogens is 1. The molecule has 6 heteroatoms. The fraction of sp³-hybridized carbons (Fsp3) is 0.150. The molecule has 0 aliphatic rings. The van der Waals surface area contributed by atoms with Crippen molar-refractivity contribution >= 4 is 11.0 Å². The summed E-state index contributed by atoms with van der Waals surface area (Å²) < 4.78 is 1.49. The molecule has 0 radical (unpaired) electrons. The van der Waals surface area contributed by atoms with E-state index in [0.29, 0.717) is 22.3 Å². The maximum absolute atomic E-state index is 13.1. The van der Waals surface area contributed by atoms with Crippen LogP contribution in [-0.4, -0.2) is 24.6 Å². The Balaban J connectivity index is 1.96. The van der Waals surface area contributed by atoms with E-state index in [2.05, 4.69) is 15.0 Å². The molecule has 130 valence electrons. The van der Waals surface area contributed by atoms with Crippen molar-refractivity contribution < 1.29 is 5.11 Å². The third kappa shape index (κ3) is 2.38. The molecule has 0 atom stereocenters. The fourth-order valence-electron chi connectivity index (χ4n) is 3.28. The van der Waals surface area contributed by atoms with Crippen LogP contribution in [0.5, 0.6) is 5.75 Å². The summed E-state index contributed by atoms with van der Waals surface area (Å²) in [5.74, 6) is 0.151. The predicted molar refractivity (Wildman–Crippen MR) is 101 cm³/mol. The maximum Gasteiger partial charge on any atom is 0.267 e. The van der Waals surface area contributed by atoms with Crippen molar-refractivity contribution in [2.75, 3.05) is 0 Å². The molecule has 0 bridgehead atoms. The minimum absolute atomic E-state index is 0.151. The molecule has 2 N–H and O–H groups in total. The van der Waals surface area contributed by atoms with Gasteiger partial charge in [-0.1, -0.05) is 6.07 Å².